The topological polar surface area (TPSA) is 86.7 Å². The van der Waals surface area contributed by atoms with Crippen molar-refractivity contribution >= 4 is 17.8 Å². The number of nitrogens with zero attached hydrogens (tertiary/aromatic N) is 1. The van der Waals surface area contributed by atoms with Gasteiger partial charge in [-0.2, -0.15) is 0 Å². The van der Waals surface area contributed by atoms with E-state index in [-0.39, 0.29) is 18.2 Å². The first-order valence-electron chi connectivity index (χ1n) is 8.36. The van der Waals surface area contributed by atoms with Gasteiger partial charge >= 0.3 is 5.97 Å². The van der Waals surface area contributed by atoms with E-state index in [0.29, 0.717) is 19.5 Å². The third-order valence-electron chi connectivity index (χ3n) is 4.26. The van der Waals surface area contributed by atoms with Crippen LogP contribution in [0.4, 0.5) is 0 Å². The van der Waals surface area contributed by atoms with Crippen LogP contribution in [0.25, 0.3) is 0 Å². The minimum absolute atomic E-state index is 0.0700. The van der Waals surface area contributed by atoms with Gasteiger partial charge in [-0.1, -0.05) is 50.1 Å². The second kappa shape index (κ2) is 8.47. The maximum Gasteiger partial charge on any atom is 0.326 e. The Hall–Kier alpha value is -2.37. The fourth-order valence-electron chi connectivity index (χ4n) is 2.86. The van der Waals surface area contributed by atoms with Gasteiger partial charge in [0.05, 0.1) is 5.92 Å². The van der Waals surface area contributed by atoms with E-state index in [0.717, 1.165) is 18.4 Å². The lowest BCUT2D eigenvalue weighted by Gasteiger charge is -2.18. The maximum atomic E-state index is 12.3. The molecular formula is C18H24N2O4. The second-order valence-electron chi connectivity index (χ2n) is 6.20. The van der Waals surface area contributed by atoms with Gasteiger partial charge in [0.25, 0.3) is 0 Å². The van der Waals surface area contributed by atoms with Crippen LogP contribution < -0.4 is 5.32 Å². The van der Waals surface area contributed by atoms with E-state index in [9.17, 15) is 19.5 Å². The minimum Gasteiger partial charge on any atom is -0.480 e. The number of aliphatic carboxylic acids is 1. The summed E-state index contributed by atoms with van der Waals surface area (Å²) in [5.41, 5.74) is 1.01. The van der Waals surface area contributed by atoms with Gasteiger partial charge in [0, 0.05) is 19.5 Å². The third kappa shape index (κ3) is 4.81. The number of carboxylic acid groups (broad SMARTS) is 1. The second-order valence-corrected chi connectivity index (χ2v) is 6.20. The number of rotatable bonds is 8. The fraction of sp³-hybridized carbons (Fsp3) is 0.500. The molecule has 0 spiro atoms. The summed E-state index contributed by atoms with van der Waals surface area (Å²) in [5.74, 6) is -1.92. The van der Waals surface area contributed by atoms with Gasteiger partial charge in [-0.3, -0.25) is 9.59 Å². The quantitative estimate of drug-likeness (QED) is 0.760. The van der Waals surface area contributed by atoms with Crippen LogP contribution in [0.5, 0.6) is 0 Å². The zero-order valence-electron chi connectivity index (χ0n) is 13.9. The number of unbranched alkanes of at least 4 members (excludes halogenated alkanes) is 1. The molecule has 6 nitrogen and oxygen atoms in total. The van der Waals surface area contributed by atoms with E-state index >= 15 is 0 Å². The highest BCUT2D eigenvalue weighted by Gasteiger charge is 2.35. The molecule has 1 aromatic carbocycles. The Morgan fingerprint density at radius 3 is 2.67 bits per heavy atom. The number of carbonyl (C=O) groups excluding carboxylic acids is 2. The smallest absolute Gasteiger partial charge is 0.326 e. The molecule has 0 radical (unpaired) electrons. The first-order chi connectivity index (χ1) is 11.5. The van der Waals surface area contributed by atoms with Gasteiger partial charge in [-0.25, -0.2) is 4.79 Å². The summed E-state index contributed by atoms with van der Waals surface area (Å²) in [4.78, 5) is 37.3. The van der Waals surface area contributed by atoms with E-state index in [1.165, 1.54) is 0 Å². The Bertz CT molecular complexity index is 588. The normalized spacial score (nSPS) is 18.5. The predicted octanol–water partition coefficient (Wildman–Crippen LogP) is 1.79. The molecule has 0 bridgehead atoms. The molecule has 0 aromatic heterocycles. The van der Waals surface area contributed by atoms with Gasteiger partial charge in [-0.05, 0) is 12.0 Å². The van der Waals surface area contributed by atoms with Crippen LogP contribution in [0.3, 0.4) is 0 Å². The Kier molecular flexibility index (Phi) is 6.35. The number of hydrogen-bond donors (Lipinski definition) is 2. The van der Waals surface area contributed by atoms with Crippen LogP contribution in [-0.2, 0) is 20.9 Å². The zero-order valence-corrected chi connectivity index (χ0v) is 13.9. The molecule has 1 fully saturated rings. The summed E-state index contributed by atoms with van der Waals surface area (Å²) in [6.07, 6.45) is 2.15. The van der Waals surface area contributed by atoms with Gasteiger partial charge in [0.2, 0.25) is 11.8 Å². The monoisotopic (exact) mass is 332 g/mol. The number of nitrogens with one attached hydrogen (secondary N) is 1. The predicted molar refractivity (Wildman–Crippen MR) is 89.1 cm³/mol. The Labute approximate surface area is 141 Å². The summed E-state index contributed by atoms with van der Waals surface area (Å²) < 4.78 is 0. The van der Waals surface area contributed by atoms with Crippen molar-refractivity contribution in [2.45, 2.75) is 45.2 Å². The van der Waals surface area contributed by atoms with Crippen molar-refractivity contribution in [3.8, 4) is 0 Å². The number of carbonyl (C=O) groups is 3. The Morgan fingerprint density at radius 2 is 2.04 bits per heavy atom. The van der Waals surface area contributed by atoms with Crippen molar-refractivity contribution in [3.05, 3.63) is 35.9 Å². The number of hydrogen-bond acceptors (Lipinski definition) is 3. The first-order valence-corrected chi connectivity index (χ1v) is 8.36. The van der Waals surface area contributed by atoms with Gasteiger partial charge < -0.3 is 15.3 Å². The molecule has 24 heavy (non-hydrogen) atoms. The van der Waals surface area contributed by atoms with Crippen molar-refractivity contribution in [3.63, 3.8) is 0 Å². The molecule has 1 aliphatic rings. The molecule has 0 saturated carbocycles. The van der Waals surface area contributed by atoms with Crippen LogP contribution in [0.2, 0.25) is 0 Å². The first kappa shape index (κ1) is 18.0. The molecule has 1 saturated heterocycles. The molecule has 2 atom stereocenters. The average molecular weight is 332 g/mol. The van der Waals surface area contributed by atoms with Crippen molar-refractivity contribution in [2.24, 2.45) is 5.92 Å². The molecule has 6 heteroatoms. The highest BCUT2D eigenvalue weighted by molar-refractivity contribution is 5.91. The minimum atomic E-state index is -1.03. The van der Waals surface area contributed by atoms with Crippen LogP contribution >= 0.6 is 0 Å². The number of benzene rings is 1. The van der Waals surface area contributed by atoms with Crippen LogP contribution in [0.1, 0.15) is 38.2 Å². The molecule has 1 aromatic rings. The van der Waals surface area contributed by atoms with Gasteiger partial charge in [-0.15, -0.1) is 0 Å². The lowest BCUT2D eigenvalue weighted by atomic mass is 10.1. The maximum absolute atomic E-state index is 12.3. The lowest BCUT2D eigenvalue weighted by molar-refractivity contribution is -0.142. The summed E-state index contributed by atoms with van der Waals surface area (Å²) in [5, 5.41) is 11.8. The average Bonchev–Trinajstić information content (AvgIpc) is 2.93. The summed E-state index contributed by atoms with van der Waals surface area (Å²) in [6, 6.07) is 8.72. The number of carboxylic acids is 1. The molecular weight excluding hydrogens is 308 g/mol. The van der Waals surface area contributed by atoms with Crippen molar-refractivity contribution in [1.82, 2.24) is 10.2 Å². The Morgan fingerprint density at radius 1 is 1.33 bits per heavy atom. The van der Waals surface area contributed by atoms with Crippen LogP contribution in [-0.4, -0.2) is 40.4 Å². The molecule has 2 rings (SSSR count). The van der Waals surface area contributed by atoms with E-state index < -0.39 is 17.9 Å². The third-order valence-corrected chi connectivity index (χ3v) is 4.26. The zero-order chi connectivity index (χ0) is 17.5. The molecule has 130 valence electrons. The standard InChI is InChI=1S/C18H24N2O4/c1-2-3-9-15(18(23)24)19-17(22)14-10-16(21)20(12-14)11-13-7-5-4-6-8-13/h4-8,14-15H,2-3,9-12H2,1H3,(H,19,22)(H,23,24)/t14?,15-/m0/s1. The van der Waals surface area contributed by atoms with E-state index in [4.69, 9.17) is 0 Å². The summed E-state index contributed by atoms with van der Waals surface area (Å²) in [6.45, 7) is 2.78. The molecule has 1 heterocycles. The number of amides is 2. The summed E-state index contributed by atoms with van der Waals surface area (Å²) in [7, 11) is 0. The Balaban J connectivity index is 1.91. The van der Waals surface area contributed by atoms with Crippen LogP contribution in [0.15, 0.2) is 30.3 Å². The summed E-state index contributed by atoms with van der Waals surface area (Å²) >= 11 is 0. The van der Waals surface area contributed by atoms with E-state index in [2.05, 4.69) is 5.32 Å². The van der Waals surface area contributed by atoms with E-state index in [1.54, 1.807) is 4.90 Å². The highest BCUT2D eigenvalue weighted by Crippen LogP contribution is 2.20. The lowest BCUT2D eigenvalue weighted by Crippen LogP contribution is -2.44. The van der Waals surface area contributed by atoms with Crippen LogP contribution in [0, 0.1) is 5.92 Å². The van der Waals surface area contributed by atoms with Crippen molar-refractivity contribution in [2.75, 3.05) is 6.54 Å². The van der Waals surface area contributed by atoms with Crippen molar-refractivity contribution in [1.29, 1.82) is 0 Å². The number of likely N-dealkylation sites (tertiary alicyclic amines) is 1. The molecule has 2 N–H and O–H groups in total. The SMILES string of the molecule is CCCC[C@H](NC(=O)C1CC(=O)N(Cc2ccccc2)C1)C(=O)O. The molecule has 1 aliphatic heterocycles. The molecule has 1 unspecified atom stereocenters. The van der Waals surface area contributed by atoms with Gasteiger partial charge in [0.15, 0.2) is 0 Å². The molecule has 2 amide bonds. The fourth-order valence-corrected chi connectivity index (χ4v) is 2.86. The van der Waals surface area contributed by atoms with Gasteiger partial charge in [0.1, 0.15) is 6.04 Å². The highest BCUT2D eigenvalue weighted by atomic mass is 16.4. The van der Waals surface area contributed by atoms with Crippen molar-refractivity contribution < 1.29 is 19.5 Å². The van der Waals surface area contributed by atoms with E-state index in [1.807, 2.05) is 37.3 Å². The largest absolute Gasteiger partial charge is 0.480 e. The molecule has 0 aliphatic carbocycles.